The fourth-order valence-electron chi connectivity index (χ4n) is 3.09. The van der Waals surface area contributed by atoms with Crippen molar-refractivity contribution in [1.29, 1.82) is 0 Å². The third kappa shape index (κ3) is 2.80. The molecule has 3 rings (SSSR count). The number of anilines is 1. The summed E-state index contributed by atoms with van der Waals surface area (Å²) in [6, 6.07) is 0. The second-order valence-corrected chi connectivity index (χ2v) is 5.87. The van der Waals surface area contributed by atoms with Gasteiger partial charge in [0.15, 0.2) is 24.2 Å². The first-order chi connectivity index (χ1) is 12.4. The number of carbonyl (C=O) groups excluding carboxylic acids is 1. The number of aromatic nitrogens is 4. The van der Waals surface area contributed by atoms with Gasteiger partial charge in [-0.05, 0) is 6.42 Å². The Hall–Kier alpha value is -2.93. The van der Waals surface area contributed by atoms with E-state index in [0.717, 1.165) is 11.5 Å². The van der Waals surface area contributed by atoms with E-state index < -0.39 is 36.3 Å². The molecule has 0 saturated carbocycles. The lowest BCUT2D eigenvalue weighted by molar-refractivity contribution is -0.154. The first kappa shape index (κ1) is 17.9. The van der Waals surface area contributed by atoms with Crippen molar-refractivity contribution in [2.24, 2.45) is 0 Å². The number of halogens is 1. The highest BCUT2D eigenvalue weighted by molar-refractivity contribution is 5.72. The Morgan fingerprint density at radius 3 is 2.92 bits per heavy atom. The molecule has 0 spiro atoms. The molecule has 3 heterocycles. The van der Waals surface area contributed by atoms with Gasteiger partial charge < -0.3 is 15.2 Å². The molecule has 1 saturated heterocycles. The van der Waals surface area contributed by atoms with Gasteiger partial charge in [0.05, 0.1) is 18.8 Å². The van der Waals surface area contributed by atoms with Crippen molar-refractivity contribution in [2.75, 3.05) is 5.73 Å². The number of rotatable bonds is 4. The zero-order valence-corrected chi connectivity index (χ0v) is 14.3. The molecule has 138 valence electrons. The number of terminal acetylenes is 1. The van der Waals surface area contributed by atoms with E-state index in [0.29, 0.717) is 11.9 Å². The van der Waals surface area contributed by atoms with Gasteiger partial charge in [-0.1, -0.05) is 12.8 Å². The average molecular weight is 363 g/mol. The Morgan fingerprint density at radius 2 is 2.31 bits per heavy atom. The van der Waals surface area contributed by atoms with E-state index in [9.17, 15) is 14.0 Å². The predicted molar refractivity (Wildman–Crippen MR) is 89.7 cm³/mol. The normalized spacial score (nSPS) is 25.3. The second kappa shape index (κ2) is 6.76. The minimum absolute atomic E-state index is 0.0448. The Balaban J connectivity index is 2.21. The molecule has 2 aromatic heterocycles. The van der Waals surface area contributed by atoms with Gasteiger partial charge in [0, 0.05) is 6.92 Å². The molecular weight excluding hydrogens is 345 g/mol. The third-order valence-electron chi connectivity index (χ3n) is 4.20. The van der Waals surface area contributed by atoms with E-state index in [1.165, 1.54) is 10.8 Å². The third-order valence-corrected chi connectivity index (χ3v) is 4.20. The molecule has 0 amide bonds. The number of nitrogens with zero attached hydrogens (tertiary/aromatic N) is 4. The molecule has 10 heteroatoms. The fourth-order valence-corrected chi connectivity index (χ4v) is 3.09. The zero-order valence-electron chi connectivity index (χ0n) is 14.3. The first-order valence-corrected chi connectivity index (χ1v) is 8.02. The summed E-state index contributed by atoms with van der Waals surface area (Å²) in [6.07, 6.45) is 2.11. The number of hydrogen-bond acceptors (Lipinski definition) is 7. The fraction of sp³-hybridized carbons (Fsp3) is 0.500. The Bertz CT molecular complexity index is 946. The van der Waals surface area contributed by atoms with E-state index in [2.05, 4.69) is 15.9 Å². The molecule has 9 nitrogen and oxygen atoms in total. The number of fused-ring (bicyclic) bond motifs is 1. The Labute approximate surface area is 147 Å². The molecular formula is C16H18FN5O4. The molecule has 0 aliphatic carbocycles. The summed E-state index contributed by atoms with van der Waals surface area (Å²) in [4.78, 5) is 32.2. The van der Waals surface area contributed by atoms with Gasteiger partial charge in [-0.3, -0.25) is 9.36 Å². The van der Waals surface area contributed by atoms with E-state index in [4.69, 9.17) is 21.6 Å². The van der Waals surface area contributed by atoms with Crippen LogP contribution in [-0.4, -0.2) is 43.5 Å². The van der Waals surface area contributed by atoms with Gasteiger partial charge in [0.25, 0.3) is 0 Å². The Kier molecular flexibility index (Phi) is 4.65. The van der Waals surface area contributed by atoms with E-state index >= 15 is 0 Å². The van der Waals surface area contributed by atoms with E-state index in [-0.39, 0.29) is 18.1 Å². The molecule has 0 aromatic carbocycles. The molecule has 26 heavy (non-hydrogen) atoms. The summed E-state index contributed by atoms with van der Waals surface area (Å²) in [5, 5.41) is 0. The molecule has 0 bridgehead atoms. The summed E-state index contributed by atoms with van der Waals surface area (Å²) in [6.45, 7) is 2.85. The summed E-state index contributed by atoms with van der Waals surface area (Å²) in [5.74, 6) is 1.61. The van der Waals surface area contributed by atoms with E-state index in [1.807, 2.05) is 0 Å². The van der Waals surface area contributed by atoms with Crippen molar-refractivity contribution in [1.82, 2.24) is 19.1 Å². The lowest BCUT2D eigenvalue weighted by Crippen LogP contribution is -2.36. The van der Waals surface area contributed by atoms with Crippen LogP contribution in [0.1, 0.15) is 26.5 Å². The van der Waals surface area contributed by atoms with Crippen molar-refractivity contribution in [3.05, 3.63) is 16.7 Å². The van der Waals surface area contributed by atoms with Crippen LogP contribution in [0, 0.1) is 12.3 Å². The largest absolute Gasteiger partial charge is 0.454 e. The number of nitrogen functional groups attached to an aromatic ring is 1. The predicted octanol–water partition coefficient (Wildman–Crippen LogP) is 0.386. The van der Waals surface area contributed by atoms with Crippen LogP contribution in [0.3, 0.4) is 0 Å². The van der Waals surface area contributed by atoms with Crippen molar-refractivity contribution in [3.8, 4) is 12.3 Å². The van der Waals surface area contributed by atoms with Gasteiger partial charge in [-0.2, -0.15) is 4.98 Å². The number of nitrogens with two attached hydrogens (primary N) is 1. The summed E-state index contributed by atoms with van der Waals surface area (Å²) in [5.41, 5.74) is 5.50. The number of esters is 1. The average Bonchev–Trinajstić information content (AvgIpc) is 3.03. The van der Waals surface area contributed by atoms with Crippen LogP contribution >= 0.6 is 0 Å². The van der Waals surface area contributed by atoms with Gasteiger partial charge >= 0.3 is 11.7 Å². The number of alkyl halides is 1. The van der Waals surface area contributed by atoms with Crippen molar-refractivity contribution in [3.63, 3.8) is 0 Å². The van der Waals surface area contributed by atoms with Gasteiger partial charge in [-0.25, -0.2) is 18.7 Å². The monoisotopic (exact) mass is 363 g/mol. The van der Waals surface area contributed by atoms with E-state index in [1.54, 1.807) is 6.92 Å². The van der Waals surface area contributed by atoms with Crippen LogP contribution in [0.5, 0.6) is 0 Å². The summed E-state index contributed by atoms with van der Waals surface area (Å²) >= 11 is 0. The van der Waals surface area contributed by atoms with Crippen molar-refractivity contribution >= 4 is 23.1 Å². The molecule has 0 unspecified atom stereocenters. The van der Waals surface area contributed by atoms with Gasteiger partial charge in [0.1, 0.15) is 5.52 Å². The minimum Gasteiger partial charge on any atom is -0.454 e. The number of carbonyl (C=O) groups is 1. The lowest BCUT2D eigenvalue weighted by atomic mass is 10.1. The van der Waals surface area contributed by atoms with Crippen LogP contribution in [0.2, 0.25) is 0 Å². The van der Waals surface area contributed by atoms with Crippen LogP contribution < -0.4 is 11.4 Å². The highest BCUT2D eigenvalue weighted by atomic mass is 19.1. The van der Waals surface area contributed by atoms with Gasteiger partial charge in [-0.15, -0.1) is 6.42 Å². The molecule has 1 aliphatic rings. The van der Waals surface area contributed by atoms with Crippen molar-refractivity contribution < 1.29 is 18.7 Å². The molecule has 1 aliphatic heterocycles. The second-order valence-electron chi connectivity index (χ2n) is 5.87. The van der Waals surface area contributed by atoms with Gasteiger partial charge in [0.2, 0.25) is 5.95 Å². The van der Waals surface area contributed by atoms with Crippen molar-refractivity contribution in [2.45, 2.75) is 51.4 Å². The number of ether oxygens (including phenoxy) is 2. The highest BCUT2D eigenvalue weighted by Crippen LogP contribution is 2.36. The molecule has 1 fully saturated rings. The molecule has 2 aromatic rings. The molecule has 4 atom stereocenters. The number of imidazole rings is 1. The quantitative estimate of drug-likeness (QED) is 0.617. The highest BCUT2D eigenvalue weighted by Gasteiger charge is 2.49. The van der Waals surface area contributed by atoms with Crippen LogP contribution in [-0.2, 0) is 20.8 Å². The minimum atomic E-state index is -1.59. The SMILES string of the molecule is C#CCn1c(=O)n([C@@H]2O[C@H](CC)[C@@H](F)[C@H]2OC(C)=O)c2nc(N)ncc21. The Morgan fingerprint density at radius 1 is 1.58 bits per heavy atom. The number of hydrogen-bond donors (Lipinski definition) is 1. The maximum atomic E-state index is 14.7. The van der Waals surface area contributed by atoms with Crippen LogP contribution in [0.25, 0.3) is 11.2 Å². The standard InChI is InChI=1S/C16H18FN5O4/c1-4-6-21-9-7-19-15(18)20-13(9)22(16(21)24)14-12(25-8(3)23)11(17)10(5-2)26-14/h1,7,10-12,14H,5-6H2,2-3H3,(H2,18,19,20)/t10-,11-,12-,14-/m1/s1. The maximum Gasteiger partial charge on any atom is 0.333 e. The summed E-state index contributed by atoms with van der Waals surface area (Å²) < 4.78 is 27.8. The molecule has 2 N–H and O–H groups in total. The first-order valence-electron chi connectivity index (χ1n) is 8.02. The maximum absolute atomic E-state index is 14.7. The summed E-state index contributed by atoms with van der Waals surface area (Å²) in [7, 11) is 0. The molecule has 0 radical (unpaired) electrons. The van der Waals surface area contributed by atoms with Crippen LogP contribution in [0.4, 0.5) is 10.3 Å². The lowest BCUT2D eigenvalue weighted by Gasteiger charge is -2.19. The smallest absolute Gasteiger partial charge is 0.333 e. The van der Waals surface area contributed by atoms with Crippen LogP contribution in [0.15, 0.2) is 11.0 Å². The zero-order chi connectivity index (χ0) is 19.0. The topological polar surface area (TPSA) is 114 Å².